The molecule has 2 aliphatic heterocycles. The third kappa shape index (κ3) is 4.13. The van der Waals surface area contributed by atoms with Crippen molar-refractivity contribution in [1.29, 1.82) is 0 Å². The first-order valence-electron chi connectivity index (χ1n) is 13.1. The molecule has 1 saturated carbocycles. The van der Waals surface area contributed by atoms with Crippen molar-refractivity contribution in [2.75, 3.05) is 44.3 Å². The van der Waals surface area contributed by atoms with Crippen LogP contribution in [-0.4, -0.2) is 70.8 Å². The SMILES string of the molecule is O=C(O)c1ccc2cc3n(c2n1)CCN(CC(=O)N1CCOCC1)c1cccc(C2CCCCC2)c1-3. The summed E-state index contributed by atoms with van der Waals surface area (Å²) >= 11 is 0. The summed E-state index contributed by atoms with van der Waals surface area (Å²) in [6.45, 7) is 4.03. The van der Waals surface area contributed by atoms with Crippen LogP contribution in [0.4, 0.5) is 5.69 Å². The largest absolute Gasteiger partial charge is 0.477 e. The molecule has 6 rings (SSSR count). The summed E-state index contributed by atoms with van der Waals surface area (Å²) in [7, 11) is 0. The number of morpholine rings is 1. The lowest BCUT2D eigenvalue weighted by molar-refractivity contribution is -0.133. The van der Waals surface area contributed by atoms with E-state index in [-0.39, 0.29) is 11.6 Å². The Bertz CT molecular complexity index is 1300. The van der Waals surface area contributed by atoms with E-state index in [1.807, 2.05) is 11.0 Å². The number of ether oxygens (including phenoxy) is 1. The van der Waals surface area contributed by atoms with Crippen molar-refractivity contribution >= 4 is 28.6 Å². The van der Waals surface area contributed by atoms with E-state index in [9.17, 15) is 14.7 Å². The average molecular weight is 489 g/mol. The average Bonchev–Trinajstić information content (AvgIpc) is 3.21. The van der Waals surface area contributed by atoms with Crippen molar-refractivity contribution in [2.24, 2.45) is 0 Å². The number of carbonyl (C=O) groups is 2. The molecule has 36 heavy (non-hydrogen) atoms. The molecule has 1 aliphatic carbocycles. The minimum atomic E-state index is -1.03. The highest BCUT2D eigenvalue weighted by molar-refractivity contribution is 5.94. The Morgan fingerprint density at radius 2 is 1.81 bits per heavy atom. The van der Waals surface area contributed by atoms with E-state index >= 15 is 0 Å². The number of anilines is 1. The topological polar surface area (TPSA) is 87.9 Å². The molecule has 3 aromatic rings. The Kier molecular flexibility index (Phi) is 6.13. The van der Waals surface area contributed by atoms with Crippen LogP contribution >= 0.6 is 0 Å². The molecule has 1 amide bonds. The molecule has 188 valence electrons. The number of rotatable bonds is 4. The number of amides is 1. The third-order valence-electron chi connectivity index (χ3n) is 7.96. The number of carboxylic acids is 1. The van der Waals surface area contributed by atoms with Gasteiger partial charge >= 0.3 is 5.97 Å². The van der Waals surface area contributed by atoms with Crippen LogP contribution in [0.25, 0.3) is 22.3 Å². The standard InChI is InChI=1S/C28H32N4O4/c33-25(30-13-15-36-16-14-30)18-31-11-12-32-24(17-20-9-10-22(28(34)35)29-27(20)32)26-21(7-4-8-23(26)31)19-5-2-1-3-6-19/h4,7-10,17,19H,1-3,5-6,11-16,18H2,(H,34,35). The molecule has 0 radical (unpaired) electrons. The smallest absolute Gasteiger partial charge is 0.354 e. The van der Waals surface area contributed by atoms with Crippen molar-refractivity contribution in [2.45, 2.75) is 44.6 Å². The van der Waals surface area contributed by atoms with Crippen molar-refractivity contribution in [3.8, 4) is 11.3 Å². The van der Waals surface area contributed by atoms with Gasteiger partial charge in [-0.3, -0.25) is 4.79 Å². The molecule has 1 aromatic carbocycles. The second-order valence-electron chi connectivity index (χ2n) is 10.1. The lowest BCUT2D eigenvalue weighted by atomic mass is 9.81. The fourth-order valence-electron chi connectivity index (χ4n) is 6.12. The van der Waals surface area contributed by atoms with Crippen molar-refractivity contribution in [3.05, 3.63) is 47.7 Å². The molecule has 8 nitrogen and oxygen atoms in total. The molecule has 2 fully saturated rings. The molecule has 1 N–H and O–H groups in total. The molecule has 0 spiro atoms. The van der Waals surface area contributed by atoms with Gasteiger partial charge in [-0.2, -0.15) is 0 Å². The fourth-order valence-corrected chi connectivity index (χ4v) is 6.12. The molecule has 8 heteroatoms. The number of benzene rings is 1. The van der Waals surface area contributed by atoms with E-state index in [1.54, 1.807) is 6.07 Å². The van der Waals surface area contributed by atoms with Crippen LogP contribution in [0.2, 0.25) is 0 Å². The molecule has 2 aromatic heterocycles. The molecule has 3 aliphatic rings. The van der Waals surface area contributed by atoms with Crippen molar-refractivity contribution in [1.82, 2.24) is 14.5 Å². The predicted molar refractivity (Wildman–Crippen MR) is 138 cm³/mol. The van der Waals surface area contributed by atoms with E-state index in [0.29, 0.717) is 57.5 Å². The number of carboxylic acid groups (broad SMARTS) is 1. The van der Waals surface area contributed by atoms with Crippen molar-refractivity contribution in [3.63, 3.8) is 0 Å². The van der Waals surface area contributed by atoms with Crippen LogP contribution in [0.3, 0.4) is 0 Å². The Labute approximate surface area is 210 Å². The molecule has 1 saturated heterocycles. The van der Waals surface area contributed by atoms with Crippen LogP contribution in [0, 0.1) is 0 Å². The number of fused-ring (bicyclic) bond motifs is 5. The van der Waals surface area contributed by atoms with Crippen LogP contribution in [0.1, 0.15) is 54.1 Å². The predicted octanol–water partition coefficient (Wildman–Crippen LogP) is 4.13. The van der Waals surface area contributed by atoms with Gasteiger partial charge in [-0.1, -0.05) is 31.4 Å². The first-order valence-corrected chi connectivity index (χ1v) is 13.1. The molecule has 0 atom stereocenters. The minimum Gasteiger partial charge on any atom is -0.477 e. The van der Waals surface area contributed by atoms with Gasteiger partial charge in [-0.15, -0.1) is 0 Å². The maximum Gasteiger partial charge on any atom is 0.354 e. The lowest BCUT2D eigenvalue weighted by Gasteiger charge is -2.32. The monoisotopic (exact) mass is 488 g/mol. The molecular weight excluding hydrogens is 456 g/mol. The minimum absolute atomic E-state index is 0.0489. The van der Waals surface area contributed by atoms with Gasteiger partial charge in [0.15, 0.2) is 5.69 Å². The summed E-state index contributed by atoms with van der Waals surface area (Å²) in [6.07, 6.45) is 6.10. The number of hydrogen-bond acceptors (Lipinski definition) is 5. The first-order chi connectivity index (χ1) is 17.6. The Morgan fingerprint density at radius 3 is 2.58 bits per heavy atom. The number of pyridine rings is 1. The number of hydrogen-bond donors (Lipinski definition) is 1. The van der Waals surface area contributed by atoms with Gasteiger partial charge in [0.25, 0.3) is 0 Å². The highest BCUT2D eigenvalue weighted by Gasteiger charge is 2.30. The van der Waals surface area contributed by atoms with Gasteiger partial charge in [0, 0.05) is 42.8 Å². The van der Waals surface area contributed by atoms with Crippen LogP contribution in [0.5, 0.6) is 0 Å². The maximum atomic E-state index is 13.3. The van der Waals surface area contributed by atoms with Gasteiger partial charge in [-0.25, -0.2) is 9.78 Å². The quantitative estimate of drug-likeness (QED) is 0.594. The molecule has 0 bridgehead atoms. The summed E-state index contributed by atoms with van der Waals surface area (Å²) in [5.41, 5.74) is 5.40. The molecule has 4 heterocycles. The molecule has 0 unspecified atom stereocenters. The third-order valence-corrected chi connectivity index (χ3v) is 7.96. The van der Waals surface area contributed by atoms with E-state index < -0.39 is 5.97 Å². The first kappa shape index (κ1) is 23.0. The summed E-state index contributed by atoms with van der Waals surface area (Å²) in [6, 6.07) is 12.1. The van der Waals surface area contributed by atoms with Crippen LogP contribution in [0.15, 0.2) is 36.4 Å². The number of nitrogens with zero attached hydrogens (tertiary/aromatic N) is 4. The number of aromatic nitrogens is 2. The van der Waals surface area contributed by atoms with Crippen molar-refractivity contribution < 1.29 is 19.4 Å². The van der Waals surface area contributed by atoms with Gasteiger partial charge < -0.3 is 24.2 Å². The second-order valence-corrected chi connectivity index (χ2v) is 10.1. The van der Waals surface area contributed by atoms with Gasteiger partial charge in [-0.05, 0) is 48.6 Å². The normalized spacial score (nSPS) is 18.6. The molecular formula is C28H32N4O4. The summed E-state index contributed by atoms with van der Waals surface area (Å²) < 4.78 is 7.60. The van der Waals surface area contributed by atoms with Crippen LogP contribution in [-0.2, 0) is 16.1 Å². The zero-order chi connectivity index (χ0) is 24.6. The zero-order valence-corrected chi connectivity index (χ0v) is 20.5. The van der Waals surface area contributed by atoms with Gasteiger partial charge in [0.2, 0.25) is 5.91 Å². The maximum absolute atomic E-state index is 13.3. The van der Waals surface area contributed by atoms with Gasteiger partial charge in [0.1, 0.15) is 5.65 Å². The van der Waals surface area contributed by atoms with E-state index in [1.165, 1.54) is 43.2 Å². The number of aromatic carboxylic acids is 1. The summed E-state index contributed by atoms with van der Waals surface area (Å²) in [4.78, 5) is 33.5. The van der Waals surface area contributed by atoms with E-state index in [2.05, 4.69) is 38.7 Å². The summed E-state index contributed by atoms with van der Waals surface area (Å²) in [5.74, 6) is -0.422. The lowest BCUT2D eigenvalue weighted by Crippen LogP contribution is -2.46. The second kappa shape index (κ2) is 9.58. The Balaban J connectivity index is 1.47. The van der Waals surface area contributed by atoms with Crippen LogP contribution < -0.4 is 4.90 Å². The number of carbonyl (C=O) groups excluding carboxylic acids is 1. The summed E-state index contributed by atoms with van der Waals surface area (Å²) in [5, 5.41) is 10.5. The van der Waals surface area contributed by atoms with Gasteiger partial charge in [0.05, 0.1) is 25.5 Å². The zero-order valence-electron chi connectivity index (χ0n) is 20.5. The Hall–Kier alpha value is -3.39. The van der Waals surface area contributed by atoms with E-state index in [4.69, 9.17) is 4.74 Å². The van der Waals surface area contributed by atoms with E-state index in [0.717, 1.165) is 16.8 Å². The highest BCUT2D eigenvalue weighted by atomic mass is 16.5. The highest BCUT2D eigenvalue weighted by Crippen LogP contribution is 2.45. The Morgan fingerprint density at radius 1 is 1.00 bits per heavy atom. The fraction of sp³-hybridized carbons (Fsp3) is 0.464.